The Morgan fingerprint density at radius 2 is 1.56 bits per heavy atom. The second kappa shape index (κ2) is 15.9. The molecule has 2 aliphatic rings. The first-order valence-electron chi connectivity index (χ1n) is 19.0. The maximum absolute atomic E-state index is 15.3. The number of amidine groups is 1. The van der Waals surface area contributed by atoms with Crippen LogP contribution in [0.15, 0.2) is 90.1 Å². The third-order valence-electron chi connectivity index (χ3n) is 11.2. The number of piperidine rings is 1. The van der Waals surface area contributed by atoms with Crippen molar-refractivity contribution < 1.29 is 18.7 Å². The van der Waals surface area contributed by atoms with Crippen molar-refractivity contribution in [2.75, 3.05) is 19.7 Å². The summed E-state index contributed by atoms with van der Waals surface area (Å²) in [6.07, 6.45) is 3.32. The normalized spacial score (nSPS) is 20.9. The number of aliphatic imine (C=N–C) groups is 1. The minimum atomic E-state index is -1.07. The summed E-state index contributed by atoms with van der Waals surface area (Å²) in [5.41, 5.74) is 1.30. The Bertz CT molecular complexity index is 2060. The third kappa shape index (κ3) is 7.96. The Kier molecular flexibility index (Phi) is 11.7. The topological polar surface area (TPSA) is 87.1 Å². The fourth-order valence-corrected chi connectivity index (χ4v) is 8.05. The molecular weight excluding hydrogens is 736 g/mol. The second-order valence-electron chi connectivity index (χ2n) is 15.9. The van der Waals surface area contributed by atoms with Gasteiger partial charge in [-0.3, -0.25) is 19.7 Å². The summed E-state index contributed by atoms with van der Waals surface area (Å²) in [5.74, 6) is 0.605. The number of carbonyl (C=O) groups excluding carboxylic acids is 2. The fraction of sp³-hybridized carbons (Fsp3) is 0.409. The number of hydrogen-bond donors (Lipinski definition) is 1. The van der Waals surface area contributed by atoms with Gasteiger partial charge in [0.1, 0.15) is 28.5 Å². The first-order valence-corrected chi connectivity index (χ1v) is 19.7. The van der Waals surface area contributed by atoms with E-state index in [1.807, 2.05) is 85.2 Å². The number of carbonyl (C=O) groups is 2. The number of rotatable bonds is 9. The highest BCUT2D eigenvalue weighted by molar-refractivity contribution is 6.30. The van der Waals surface area contributed by atoms with Gasteiger partial charge in [0.2, 0.25) is 5.91 Å². The summed E-state index contributed by atoms with van der Waals surface area (Å²) in [6.45, 7) is 15.4. The van der Waals surface area contributed by atoms with Crippen LogP contribution in [0.1, 0.15) is 102 Å². The van der Waals surface area contributed by atoms with Gasteiger partial charge in [-0.25, -0.2) is 9.18 Å². The Morgan fingerprint density at radius 1 is 0.964 bits per heavy atom. The molecule has 0 spiro atoms. The molecule has 1 N–H and O–H groups in total. The van der Waals surface area contributed by atoms with E-state index in [4.69, 9.17) is 37.9 Å². The zero-order valence-electron chi connectivity index (χ0n) is 32.6. The average Bonchev–Trinajstić information content (AvgIpc) is 3.39. The summed E-state index contributed by atoms with van der Waals surface area (Å²) < 4.78 is 20.7. The highest BCUT2D eigenvalue weighted by Crippen LogP contribution is 2.54. The van der Waals surface area contributed by atoms with Crippen LogP contribution in [0.2, 0.25) is 10.0 Å². The lowest BCUT2D eigenvalue weighted by atomic mass is 9.71. The molecule has 0 aliphatic carbocycles. The van der Waals surface area contributed by atoms with Gasteiger partial charge in [0.05, 0.1) is 18.2 Å². The van der Waals surface area contributed by atoms with Crippen LogP contribution in [0, 0.1) is 11.7 Å². The SMILES string of the molecule is CCOc1cc(C(C)(C)C)ncc1C1=N[C@@](C)(c2ccc(Cl)cc2)[C@@](C)(c2ccc(Cl)cc2)N1C(=O)N1CCC(CC(=O)N[C@@H](C)c2ccccc2F)CC1. The van der Waals surface area contributed by atoms with Gasteiger partial charge in [-0.15, -0.1) is 0 Å². The first-order chi connectivity index (χ1) is 26.1. The number of ether oxygens (including phenoxy) is 1. The van der Waals surface area contributed by atoms with Crippen molar-refractivity contribution in [3.05, 3.63) is 129 Å². The smallest absolute Gasteiger partial charge is 0.326 e. The van der Waals surface area contributed by atoms with Gasteiger partial charge < -0.3 is 15.0 Å². The minimum Gasteiger partial charge on any atom is -0.493 e. The molecule has 2 aliphatic heterocycles. The largest absolute Gasteiger partial charge is 0.493 e. The summed E-state index contributed by atoms with van der Waals surface area (Å²) >= 11 is 12.8. The maximum atomic E-state index is 15.3. The zero-order valence-corrected chi connectivity index (χ0v) is 34.1. The van der Waals surface area contributed by atoms with Crippen LogP contribution in [-0.4, -0.2) is 52.3 Å². The maximum Gasteiger partial charge on any atom is 0.326 e. The highest BCUT2D eigenvalue weighted by Gasteiger charge is 2.60. The molecule has 3 aromatic carbocycles. The molecule has 0 unspecified atom stereocenters. The van der Waals surface area contributed by atoms with E-state index in [-0.39, 0.29) is 35.5 Å². The zero-order chi connectivity index (χ0) is 39.7. The quantitative estimate of drug-likeness (QED) is 0.183. The van der Waals surface area contributed by atoms with E-state index in [2.05, 4.69) is 26.1 Å². The van der Waals surface area contributed by atoms with Crippen LogP contribution >= 0.6 is 23.2 Å². The first kappa shape index (κ1) is 40.2. The molecule has 3 atom stereocenters. The monoisotopic (exact) mass is 785 g/mol. The molecule has 290 valence electrons. The van der Waals surface area contributed by atoms with Gasteiger partial charge in [0.15, 0.2) is 0 Å². The number of urea groups is 1. The number of likely N-dealkylation sites (tertiary alicyclic amines) is 1. The Hall–Kier alpha value is -4.47. The van der Waals surface area contributed by atoms with Crippen LogP contribution in [0.3, 0.4) is 0 Å². The van der Waals surface area contributed by atoms with Gasteiger partial charge in [-0.05, 0) is 87.9 Å². The summed E-state index contributed by atoms with van der Waals surface area (Å²) in [4.78, 5) is 42.5. The fourth-order valence-electron chi connectivity index (χ4n) is 7.79. The van der Waals surface area contributed by atoms with Crippen molar-refractivity contribution >= 4 is 41.0 Å². The van der Waals surface area contributed by atoms with E-state index in [9.17, 15) is 9.18 Å². The number of pyridine rings is 1. The standard InChI is InChI=1S/C44H50Cl2FN5O3/c1-8-55-37-26-38(42(3,4)5)48-27-35(37)40-50-43(6,30-13-17-32(45)18-14-30)44(7,31-15-19-33(46)20-16-31)52(40)41(54)51-23-21-29(22-24-51)25-39(53)49-28(2)34-11-9-10-12-36(34)47/h9-20,26-29H,8,21-25H2,1-7H3,(H,49,53)/t28-,43-,44+/m0/s1. The van der Waals surface area contributed by atoms with Gasteiger partial charge in [0, 0.05) is 58.5 Å². The summed E-state index contributed by atoms with van der Waals surface area (Å²) in [6, 6.07) is 22.9. The molecule has 3 amide bonds. The predicted octanol–water partition coefficient (Wildman–Crippen LogP) is 10.2. The van der Waals surface area contributed by atoms with Gasteiger partial charge >= 0.3 is 6.03 Å². The summed E-state index contributed by atoms with van der Waals surface area (Å²) in [7, 11) is 0. The van der Waals surface area contributed by atoms with Gasteiger partial charge in [-0.2, -0.15) is 0 Å². The van der Waals surface area contributed by atoms with Crippen molar-refractivity contribution in [3.8, 4) is 5.75 Å². The molecule has 55 heavy (non-hydrogen) atoms. The van der Waals surface area contributed by atoms with Crippen LogP contribution in [0.25, 0.3) is 0 Å². The van der Waals surface area contributed by atoms with Crippen molar-refractivity contribution in [1.82, 2.24) is 20.1 Å². The van der Waals surface area contributed by atoms with E-state index in [0.29, 0.717) is 65.3 Å². The molecule has 0 radical (unpaired) electrons. The molecule has 3 heterocycles. The molecule has 1 saturated heterocycles. The number of nitrogens with zero attached hydrogens (tertiary/aromatic N) is 4. The number of aromatic nitrogens is 1. The molecule has 6 rings (SSSR count). The van der Waals surface area contributed by atoms with Crippen LogP contribution in [0.5, 0.6) is 5.75 Å². The molecule has 1 aromatic heterocycles. The Balaban J connectivity index is 1.37. The van der Waals surface area contributed by atoms with E-state index in [0.717, 1.165) is 16.8 Å². The molecule has 0 bridgehead atoms. The predicted molar refractivity (Wildman–Crippen MR) is 217 cm³/mol. The van der Waals surface area contributed by atoms with E-state index in [1.165, 1.54) is 6.07 Å². The number of benzene rings is 3. The van der Waals surface area contributed by atoms with E-state index < -0.39 is 17.1 Å². The van der Waals surface area contributed by atoms with Crippen molar-refractivity contribution in [2.45, 2.75) is 90.3 Å². The van der Waals surface area contributed by atoms with Crippen LogP contribution < -0.4 is 10.1 Å². The summed E-state index contributed by atoms with van der Waals surface area (Å²) in [5, 5.41) is 4.13. The number of halogens is 3. The molecule has 4 aromatic rings. The number of hydrogen-bond acceptors (Lipinski definition) is 5. The van der Waals surface area contributed by atoms with Crippen LogP contribution in [0.4, 0.5) is 9.18 Å². The van der Waals surface area contributed by atoms with Crippen molar-refractivity contribution in [1.29, 1.82) is 0 Å². The minimum absolute atomic E-state index is 0.0595. The van der Waals surface area contributed by atoms with E-state index in [1.54, 1.807) is 31.3 Å². The molecular formula is C44H50Cl2FN5O3. The average molecular weight is 787 g/mol. The molecule has 1 fully saturated rings. The number of amides is 3. The lowest BCUT2D eigenvalue weighted by Crippen LogP contribution is -2.59. The Morgan fingerprint density at radius 3 is 2.15 bits per heavy atom. The van der Waals surface area contributed by atoms with Gasteiger partial charge in [0.25, 0.3) is 0 Å². The number of nitrogens with one attached hydrogen (secondary N) is 1. The second-order valence-corrected chi connectivity index (χ2v) is 16.8. The van der Waals surface area contributed by atoms with Crippen molar-refractivity contribution in [3.63, 3.8) is 0 Å². The molecule has 8 nitrogen and oxygen atoms in total. The third-order valence-corrected chi connectivity index (χ3v) is 11.7. The van der Waals surface area contributed by atoms with Crippen LogP contribution in [-0.2, 0) is 21.3 Å². The van der Waals surface area contributed by atoms with E-state index >= 15 is 4.79 Å². The lowest BCUT2D eigenvalue weighted by molar-refractivity contribution is -0.123. The lowest BCUT2D eigenvalue weighted by Gasteiger charge is -2.47. The molecule has 0 saturated carbocycles. The molecule has 11 heteroatoms. The highest BCUT2D eigenvalue weighted by atomic mass is 35.5. The Labute approximate surface area is 334 Å². The van der Waals surface area contributed by atoms with Gasteiger partial charge in [-0.1, -0.05) is 86.4 Å². The van der Waals surface area contributed by atoms with Crippen molar-refractivity contribution in [2.24, 2.45) is 10.9 Å².